The molecule has 5 aromatic rings. The zero-order valence-corrected chi connectivity index (χ0v) is 34.7. The molecule has 14 heteroatoms. The lowest BCUT2D eigenvalue weighted by molar-refractivity contribution is -0.137. The molecule has 0 aliphatic carbocycles. The number of hydrogen-bond acceptors (Lipinski definition) is 9. The molecule has 4 aliphatic rings. The van der Waals surface area contributed by atoms with Gasteiger partial charge in [0.15, 0.2) is 0 Å². The summed E-state index contributed by atoms with van der Waals surface area (Å²) in [5, 5.41) is 12.5. The molecule has 2 saturated heterocycles. The van der Waals surface area contributed by atoms with Crippen LogP contribution in [0.3, 0.4) is 0 Å². The Hall–Kier alpha value is -6.72. The Bertz CT molecular complexity index is 2660. The summed E-state index contributed by atoms with van der Waals surface area (Å²) in [6.07, 6.45) is 9.88. The molecule has 5 amide bonds. The van der Waals surface area contributed by atoms with Crippen LogP contribution in [-0.4, -0.2) is 91.4 Å². The average Bonchev–Trinajstić information content (AvgIpc) is 3.84. The highest BCUT2D eigenvalue weighted by Crippen LogP contribution is 2.38. The molecule has 0 bridgehead atoms. The van der Waals surface area contributed by atoms with Crippen molar-refractivity contribution in [3.8, 4) is 34.4 Å². The predicted molar refractivity (Wildman–Crippen MR) is 230 cm³/mol. The minimum absolute atomic E-state index is 0.0644. The maximum Gasteiger partial charge on any atom is 0.269 e. The minimum atomic E-state index is -0.659. The Labute approximate surface area is 359 Å². The Balaban J connectivity index is 0.784. The SMILES string of the molecule is CC(=O)N1CCc2c(c(-c3cccc4cc(-c5ccc(C(=O)NCCCCCC#Cc6cccc7c6CN(C6CCC(=O)NC6=O)C7=O)nc5)ncc34)nn2C2CCOCC2)C1. The van der Waals surface area contributed by atoms with E-state index in [1.165, 1.54) is 10.6 Å². The molecule has 9 rings (SSSR count). The van der Waals surface area contributed by atoms with Gasteiger partial charge >= 0.3 is 0 Å². The van der Waals surface area contributed by atoms with E-state index in [-0.39, 0.29) is 36.1 Å². The van der Waals surface area contributed by atoms with Gasteiger partial charge in [0.25, 0.3) is 11.8 Å². The fourth-order valence-electron chi connectivity index (χ4n) is 9.05. The molecule has 0 saturated carbocycles. The second-order valence-corrected chi connectivity index (χ2v) is 16.4. The van der Waals surface area contributed by atoms with E-state index in [9.17, 15) is 24.0 Å². The zero-order valence-electron chi connectivity index (χ0n) is 34.7. The molecule has 7 heterocycles. The number of imide groups is 1. The van der Waals surface area contributed by atoms with E-state index >= 15 is 0 Å². The van der Waals surface area contributed by atoms with Crippen LogP contribution in [0.4, 0.5) is 0 Å². The van der Waals surface area contributed by atoms with Crippen LogP contribution in [0.15, 0.2) is 67.0 Å². The number of nitrogens with one attached hydrogen (secondary N) is 2. The molecular formula is C48H48N8O6. The molecule has 3 aromatic heterocycles. The Kier molecular flexibility index (Phi) is 11.6. The zero-order chi connectivity index (χ0) is 42.7. The van der Waals surface area contributed by atoms with E-state index < -0.39 is 11.9 Å². The summed E-state index contributed by atoms with van der Waals surface area (Å²) in [6, 6.07) is 16.9. The van der Waals surface area contributed by atoms with Crippen molar-refractivity contribution < 1.29 is 28.7 Å². The summed E-state index contributed by atoms with van der Waals surface area (Å²) in [7, 11) is 0. The minimum Gasteiger partial charge on any atom is -0.381 e. The lowest BCUT2D eigenvalue weighted by Crippen LogP contribution is -2.52. The van der Waals surface area contributed by atoms with E-state index in [4.69, 9.17) is 14.8 Å². The van der Waals surface area contributed by atoms with Crippen molar-refractivity contribution >= 4 is 40.3 Å². The molecule has 1 unspecified atom stereocenters. The Morgan fingerprint density at radius 1 is 0.903 bits per heavy atom. The summed E-state index contributed by atoms with van der Waals surface area (Å²) >= 11 is 0. The third-order valence-electron chi connectivity index (χ3n) is 12.4. The number of pyridine rings is 2. The van der Waals surface area contributed by atoms with Crippen LogP contribution in [0.25, 0.3) is 33.3 Å². The highest BCUT2D eigenvalue weighted by atomic mass is 16.5. The number of aromatic nitrogens is 4. The molecule has 2 fully saturated rings. The Morgan fingerprint density at radius 3 is 2.55 bits per heavy atom. The van der Waals surface area contributed by atoms with Crippen LogP contribution in [0.5, 0.6) is 0 Å². The standard InChI is InChI=1S/C48H48N8O6/c1-30(57)54-22-18-42-39(28-54)45(53-56(42)34-19-23-62-24-20-34)35-12-8-11-32-25-41(51-27-37(32)35)33-14-15-40(50-26-33)46(59)49-21-6-4-2-3-5-9-31-10-7-13-36-38(31)29-55(48(36)61)43-16-17-44(58)52-47(43)60/h7-8,10-15,25-27,34,43H,2-4,6,16-24,28-29H2,1H3,(H,49,59)(H,52,58,60). The highest BCUT2D eigenvalue weighted by Gasteiger charge is 2.40. The first-order valence-corrected chi connectivity index (χ1v) is 21.6. The van der Waals surface area contributed by atoms with Gasteiger partial charge in [-0.2, -0.15) is 5.10 Å². The topological polar surface area (TPSA) is 169 Å². The van der Waals surface area contributed by atoms with Gasteiger partial charge in [-0.05, 0) is 73.4 Å². The molecule has 0 spiro atoms. The molecule has 14 nitrogen and oxygen atoms in total. The van der Waals surface area contributed by atoms with Gasteiger partial charge in [0.2, 0.25) is 17.7 Å². The number of carbonyl (C=O) groups is 5. The second kappa shape index (κ2) is 17.7. The van der Waals surface area contributed by atoms with Crippen LogP contribution in [0.2, 0.25) is 0 Å². The van der Waals surface area contributed by atoms with Gasteiger partial charge in [-0.25, -0.2) is 0 Å². The molecular weight excluding hydrogens is 785 g/mol. The van der Waals surface area contributed by atoms with Crippen molar-refractivity contribution in [1.82, 2.24) is 40.2 Å². The normalized spacial score (nSPS) is 17.6. The van der Waals surface area contributed by atoms with Gasteiger partial charge in [-0.15, -0.1) is 0 Å². The first kappa shape index (κ1) is 40.7. The molecule has 1 atom stereocenters. The highest BCUT2D eigenvalue weighted by molar-refractivity contribution is 6.05. The molecule has 4 aliphatic heterocycles. The van der Waals surface area contributed by atoms with Crippen molar-refractivity contribution in [3.63, 3.8) is 0 Å². The summed E-state index contributed by atoms with van der Waals surface area (Å²) in [5.74, 6) is 5.31. The quantitative estimate of drug-likeness (QED) is 0.105. The number of amides is 5. The third kappa shape index (κ3) is 8.20. The molecule has 2 N–H and O–H groups in total. The van der Waals surface area contributed by atoms with Crippen LogP contribution >= 0.6 is 0 Å². The van der Waals surface area contributed by atoms with Crippen molar-refractivity contribution in [2.75, 3.05) is 26.3 Å². The monoisotopic (exact) mass is 832 g/mol. The fraction of sp³-hybridized carbons (Fsp3) is 0.375. The van der Waals surface area contributed by atoms with Crippen LogP contribution < -0.4 is 10.6 Å². The molecule has 316 valence electrons. The summed E-state index contributed by atoms with van der Waals surface area (Å²) in [5.41, 5.74) is 8.21. The summed E-state index contributed by atoms with van der Waals surface area (Å²) < 4.78 is 7.86. The predicted octanol–water partition coefficient (Wildman–Crippen LogP) is 5.52. The van der Waals surface area contributed by atoms with Gasteiger partial charge in [0.05, 0.1) is 17.4 Å². The van der Waals surface area contributed by atoms with Gasteiger partial charge in [0.1, 0.15) is 11.7 Å². The van der Waals surface area contributed by atoms with Crippen LogP contribution in [0, 0.1) is 11.8 Å². The smallest absolute Gasteiger partial charge is 0.269 e. The second-order valence-electron chi connectivity index (χ2n) is 16.4. The number of hydrogen-bond donors (Lipinski definition) is 2. The van der Waals surface area contributed by atoms with E-state index in [2.05, 4.69) is 44.3 Å². The number of benzene rings is 2. The largest absolute Gasteiger partial charge is 0.381 e. The average molecular weight is 833 g/mol. The Morgan fingerprint density at radius 2 is 1.74 bits per heavy atom. The maximum absolute atomic E-state index is 13.1. The van der Waals surface area contributed by atoms with Gasteiger partial charge < -0.3 is 19.9 Å². The molecule has 62 heavy (non-hydrogen) atoms. The number of fused-ring (bicyclic) bond motifs is 3. The van der Waals surface area contributed by atoms with Crippen LogP contribution in [0.1, 0.15) is 108 Å². The third-order valence-corrected chi connectivity index (χ3v) is 12.4. The first-order chi connectivity index (χ1) is 30.2. The van der Waals surface area contributed by atoms with E-state index in [1.807, 2.05) is 35.4 Å². The number of rotatable bonds is 10. The van der Waals surface area contributed by atoms with Gasteiger partial charge in [0, 0.05) is 117 Å². The van der Waals surface area contributed by atoms with Crippen molar-refractivity contribution in [2.24, 2.45) is 0 Å². The van der Waals surface area contributed by atoms with E-state index in [1.54, 1.807) is 31.3 Å². The number of nitrogens with zero attached hydrogens (tertiary/aromatic N) is 6. The first-order valence-electron chi connectivity index (χ1n) is 21.6. The lowest BCUT2D eigenvalue weighted by atomic mass is 9.96. The van der Waals surface area contributed by atoms with Crippen LogP contribution in [-0.2, 0) is 38.6 Å². The molecule has 0 radical (unpaired) electrons. The number of piperidine rings is 1. The van der Waals surface area contributed by atoms with Crippen molar-refractivity contribution in [1.29, 1.82) is 0 Å². The lowest BCUT2D eigenvalue weighted by Gasteiger charge is -2.29. The number of ether oxygens (including phenoxy) is 1. The number of unbranched alkanes of at least 4 members (excludes halogenated alkanes) is 3. The summed E-state index contributed by atoms with van der Waals surface area (Å²) in [4.78, 5) is 75.3. The van der Waals surface area contributed by atoms with Crippen molar-refractivity contribution in [2.45, 2.75) is 89.9 Å². The van der Waals surface area contributed by atoms with Gasteiger partial charge in [-0.1, -0.05) is 42.5 Å². The molecule has 2 aromatic carbocycles. The van der Waals surface area contributed by atoms with E-state index in [0.29, 0.717) is 50.3 Å². The van der Waals surface area contributed by atoms with Crippen molar-refractivity contribution in [3.05, 3.63) is 101 Å². The fourth-order valence-corrected chi connectivity index (χ4v) is 9.05. The summed E-state index contributed by atoms with van der Waals surface area (Å²) in [6.45, 7) is 5.09. The van der Waals surface area contributed by atoms with E-state index in [0.717, 1.165) is 102 Å². The maximum atomic E-state index is 13.1. The number of carbonyl (C=O) groups excluding carboxylic acids is 5. The van der Waals surface area contributed by atoms with Gasteiger partial charge in [-0.3, -0.25) is 43.9 Å².